The molecule has 0 spiro atoms. The van der Waals surface area contributed by atoms with Crippen LogP contribution in [-0.4, -0.2) is 40.5 Å². The molecule has 1 aromatic rings. The first kappa shape index (κ1) is 13.6. The van der Waals surface area contributed by atoms with Crippen molar-refractivity contribution in [3.63, 3.8) is 0 Å². The Morgan fingerprint density at radius 1 is 1.25 bits per heavy atom. The van der Waals surface area contributed by atoms with Crippen LogP contribution >= 0.6 is 0 Å². The van der Waals surface area contributed by atoms with E-state index in [1.165, 1.54) is 12.1 Å². The molecule has 0 unspecified atom stereocenters. The summed E-state index contributed by atoms with van der Waals surface area (Å²) < 4.78 is 0. The summed E-state index contributed by atoms with van der Waals surface area (Å²) in [6, 6.07) is 5.81. The van der Waals surface area contributed by atoms with E-state index in [1.807, 2.05) is 0 Å². The predicted molar refractivity (Wildman–Crippen MR) is 45.8 cm³/mol. The molecule has 0 fully saturated rings. The molecule has 1 aromatic carbocycles. The molecule has 0 saturated heterocycles. The van der Waals surface area contributed by atoms with Gasteiger partial charge in [0.05, 0.1) is 0 Å². The summed E-state index contributed by atoms with van der Waals surface area (Å²) in [7, 11) is 0. The topological polar surface area (TPSA) is 89.0 Å². The van der Waals surface area contributed by atoms with Gasteiger partial charge in [0, 0.05) is 0 Å². The van der Waals surface area contributed by atoms with Gasteiger partial charge >= 0.3 is 24.8 Å². The second-order valence-corrected chi connectivity index (χ2v) is 1.82. The minimum absolute atomic E-state index is 0. The van der Waals surface area contributed by atoms with Crippen LogP contribution in [0, 0.1) is 0 Å². The molecule has 0 aliphatic heterocycles. The molecule has 4 N–H and O–H groups in total. The van der Waals surface area contributed by atoms with Gasteiger partial charge in [0.15, 0.2) is 0 Å². The third kappa shape index (κ3) is 2.97. The van der Waals surface area contributed by atoms with Crippen molar-refractivity contribution < 1.29 is 20.5 Å². The molecule has 5 heteroatoms. The number of aromatic hydroxyl groups is 1. The van der Waals surface area contributed by atoms with Crippen molar-refractivity contribution in [1.82, 2.24) is 0 Å². The third-order valence-corrected chi connectivity index (χ3v) is 1.13. The predicted octanol–water partition coefficient (Wildman–Crippen LogP) is -0.383. The van der Waals surface area contributed by atoms with Crippen LogP contribution in [0.3, 0.4) is 0 Å². The van der Waals surface area contributed by atoms with Gasteiger partial charge in [-0.05, 0) is 12.1 Å². The van der Waals surface area contributed by atoms with Crippen molar-refractivity contribution in [3.8, 4) is 5.75 Å². The maximum atomic E-state index is 10.3. The number of carboxylic acid groups (broad SMARTS) is 1. The molecule has 0 aliphatic carbocycles. The van der Waals surface area contributed by atoms with Gasteiger partial charge in [0.2, 0.25) is 0 Å². The van der Waals surface area contributed by atoms with E-state index in [0.717, 1.165) is 0 Å². The second kappa shape index (κ2) is 5.67. The van der Waals surface area contributed by atoms with E-state index in [-0.39, 0.29) is 35.6 Å². The quantitative estimate of drug-likeness (QED) is 0.554. The van der Waals surface area contributed by atoms with E-state index >= 15 is 0 Å². The molecule has 0 aliphatic rings. The molecule has 12 heavy (non-hydrogen) atoms. The molecular formula is C7H9LiO4. The normalized spacial score (nSPS) is 7.67. The molecule has 0 heterocycles. The molecule has 0 saturated carbocycles. The fraction of sp³-hybridized carbons (Fsp3) is 0. The summed E-state index contributed by atoms with van der Waals surface area (Å²) in [5.74, 6) is -1.31. The average Bonchev–Trinajstić information content (AvgIpc) is 1.88. The molecule has 0 amide bonds. The first-order valence-corrected chi connectivity index (χ1v) is 2.73. The van der Waals surface area contributed by atoms with E-state index in [2.05, 4.69) is 0 Å². The third-order valence-electron chi connectivity index (χ3n) is 1.13. The Hall–Kier alpha value is -0.953. The standard InChI is InChI=1S/C7H6O3.Li.H2O.H/c8-6-4-2-1-3-5(6)7(9)10;;;/h1-4,8H,(H,9,10);;1H2;. The van der Waals surface area contributed by atoms with E-state index in [0.29, 0.717) is 0 Å². The number of para-hydroxylation sites is 1. The van der Waals surface area contributed by atoms with Gasteiger partial charge in [-0.25, -0.2) is 4.79 Å². The fourth-order valence-corrected chi connectivity index (χ4v) is 0.654. The number of phenols is 1. The molecule has 62 valence electrons. The van der Waals surface area contributed by atoms with Gasteiger partial charge in [0.1, 0.15) is 11.3 Å². The van der Waals surface area contributed by atoms with Crippen molar-refractivity contribution >= 4 is 24.8 Å². The van der Waals surface area contributed by atoms with Crippen molar-refractivity contribution in [2.75, 3.05) is 0 Å². The zero-order chi connectivity index (χ0) is 7.56. The number of rotatable bonds is 1. The van der Waals surface area contributed by atoms with Crippen LogP contribution in [0.1, 0.15) is 10.4 Å². The molecular weight excluding hydrogens is 155 g/mol. The summed E-state index contributed by atoms with van der Waals surface area (Å²) in [5.41, 5.74) is -0.0671. The van der Waals surface area contributed by atoms with E-state index in [9.17, 15) is 4.79 Å². The number of carbonyl (C=O) groups is 1. The van der Waals surface area contributed by atoms with Gasteiger partial charge in [-0.2, -0.15) is 0 Å². The zero-order valence-corrected chi connectivity index (χ0v) is 5.61. The van der Waals surface area contributed by atoms with Crippen LogP contribution in [0.15, 0.2) is 24.3 Å². The van der Waals surface area contributed by atoms with E-state index in [1.54, 1.807) is 12.1 Å². The van der Waals surface area contributed by atoms with Crippen LogP contribution in [0.2, 0.25) is 0 Å². The van der Waals surface area contributed by atoms with Crippen molar-refractivity contribution in [2.45, 2.75) is 0 Å². The Bertz CT molecular complexity index is 261. The summed E-state index contributed by atoms with van der Waals surface area (Å²) in [5, 5.41) is 17.3. The Balaban J connectivity index is 0. The molecule has 0 atom stereocenters. The summed E-state index contributed by atoms with van der Waals surface area (Å²) >= 11 is 0. The van der Waals surface area contributed by atoms with Crippen LogP contribution in [-0.2, 0) is 0 Å². The Morgan fingerprint density at radius 2 is 1.75 bits per heavy atom. The van der Waals surface area contributed by atoms with Crippen LogP contribution in [0.5, 0.6) is 5.75 Å². The number of hydrogen-bond donors (Lipinski definition) is 2. The molecule has 1 rings (SSSR count). The SMILES string of the molecule is O.O=C(O)c1ccccc1O.[LiH]. The number of aromatic carboxylic acids is 1. The molecule has 4 nitrogen and oxygen atoms in total. The van der Waals surface area contributed by atoms with Gasteiger partial charge in [-0.1, -0.05) is 12.1 Å². The average molecular weight is 164 g/mol. The first-order valence-electron chi connectivity index (χ1n) is 2.73. The first-order chi connectivity index (χ1) is 4.72. The monoisotopic (exact) mass is 164 g/mol. The Morgan fingerprint density at radius 3 is 2.08 bits per heavy atom. The summed E-state index contributed by atoms with van der Waals surface area (Å²) in [6.45, 7) is 0. The molecule has 0 aromatic heterocycles. The van der Waals surface area contributed by atoms with Crippen molar-refractivity contribution in [3.05, 3.63) is 29.8 Å². The van der Waals surface area contributed by atoms with Gasteiger partial charge in [-0.3, -0.25) is 0 Å². The fourth-order valence-electron chi connectivity index (χ4n) is 0.654. The maximum absolute atomic E-state index is 10.3. The van der Waals surface area contributed by atoms with Gasteiger partial charge in [0.25, 0.3) is 0 Å². The zero-order valence-electron chi connectivity index (χ0n) is 5.61. The molecule has 0 bridgehead atoms. The number of carboxylic acids is 1. The van der Waals surface area contributed by atoms with Crippen LogP contribution in [0.4, 0.5) is 0 Å². The van der Waals surface area contributed by atoms with Crippen LogP contribution < -0.4 is 0 Å². The van der Waals surface area contributed by atoms with Gasteiger partial charge < -0.3 is 15.7 Å². The van der Waals surface area contributed by atoms with E-state index in [4.69, 9.17) is 10.2 Å². The second-order valence-electron chi connectivity index (χ2n) is 1.82. The van der Waals surface area contributed by atoms with Crippen molar-refractivity contribution in [2.24, 2.45) is 0 Å². The van der Waals surface area contributed by atoms with Crippen LogP contribution in [0.25, 0.3) is 0 Å². The summed E-state index contributed by atoms with van der Waals surface area (Å²) in [4.78, 5) is 10.3. The van der Waals surface area contributed by atoms with Crippen molar-refractivity contribution in [1.29, 1.82) is 0 Å². The Kier molecular flexibility index (Phi) is 6.43. The van der Waals surface area contributed by atoms with E-state index < -0.39 is 5.97 Å². The minimum atomic E-state index is -1.11. The number of benzene rings is 1. The Labute approximate surface area is 81.3 Å². The molecule has 0 radical (unpaired) electrons. The number of hydrogen-bond acceptors (Lipinski definition) is 2. The summed E-state index contributed by atoms with van der Waals surface area (Å²) in [6.07, 6.45) is 0. The van der Waals surface area contributed by atoms with Gasteiger partial charge in [-0.15, -0.1) is 0 Å².